The molecule has 2 aliphatic heterocycles. The van der Waals surface area contributed by atoms with Gasteiger partial charge in [-0.1, -0.05) is 60.7 Å². The van der Waals surface area contributed by atoms with Gasteiger partial charge < -0.3 is 15.2 Å². The Morgan fingerprint density at radius 3 is 1.83 bits per heavy atom. The summed E-state index contributed by atoms with van der Waals surface area (Å²) in [6, 6.07) is 24.6. The molecule has 0 aromatic heterocycles. The minimum atomic E-state index is -1.52. The molecule has 6 nitrogen and oxygen atoms in total. The summed E-state index contributed by atoms with van der Waals surface area (Å²) >= 11 is 0. The van der Waals surface area contributed by atoms with Crippen molar-refractivity contribution < 1.29 is 9.47 Å². The summed E-state index contributed by atoms with van der Waals surface area (Å²) in [6.45, 7) is 0.628. The zero-order chi connectivity index (χ0) is 20.2. The molecule has 0 radical (unpaired) electrons. The van der Waals surface area contributed by atoms with Gasteiger partial charge in [0.25, 0.3) is 5.91 Å². The summed E-state index contributed by atoms with van der Waals surface area (Å²) in [4.78, 5) is 4.42. The molecule has 2 atom stereocenters. The molecule has 144 valence electrons. The minimum absolute atomic E-state index is 0.135. The van der Waals surface area contributed by atoms with Gasteiger partial charge in [-0.05, 0) is 24.0 Å². The number of nitrogens with zero attached hydrogens (tertiary/aromatic N) is 3. The van der Waals surface area contributed by atoms with E-state index in [1.54, 1.807) is 0 Å². The molecule has 2 aromatic rings. The van der Waals surface area contributed by atoms with Gasteiger partial charge in [0, 0.05) is 5.41 Å². The van der Waals surface area contributed by atoms with Gasteiger partial charge in [0.15, 0.2) is 5.41 Å². The van der Waals surface area contributed by atoms with Crippen molar-refractivity contribution in [3.8, 4) is 12.1 Å². The molecular formula is C23H20N4O2. The SMILES string of the molecule is N#C[C@]12C3(N=C(N)[C@@]1(C#N)C2(Cc1ccccc1)Cc1ccccc1)OCCO3. The maximum absolute atomic E-state index is 10.5. The van der Waals surface area contributed by atoms with Crippen molar-refractivity contribution in [1.29, 1.82) is 10.5 Å². The summed E-state index contributed by atoms with van der Waals surface area (Å²) in [5.41, 5.74) is 5.04. The van der Waals surface area contributed by atoms with Crippen LogP contribution in [0.25, 0.3) is 0 Å². The lowest BCUT2D eigenvalue weighted by atomic mass is 9.79. The second kappa shape index (κ2) is 5.90. The van der Waals surface area contributed by atoms with Gasteiger partial charge in [-0.25, -0.2) is 4.99 Å². The number of nitriles is 2. The van der Waals surface area contributed by atoms with E-state index in [-0.39, 0.29) is 5.84 Å². The maximum atomic E-state index is 10.5. The van der Waals surface area contributed by atoms with Crippen LogP contribution in [-0.4, -0.2) is 25.0 Å². The Morgan fingerprint density at radius 1 is 0.862 bits per heavy atom. The van der Waals surface area contributed by atoms with Crippen LogP contribution in [0.15, 0.2) is 65.7 Å². The number of ether oxygens (including phenoxy) is 2. The first kappa shape index (κ1) is 17.9. The topological polar surface area (TPSA) is 104 Å². The predicted molar refractivity (Wildman–Crippen MR) is 105 cm³/mol. The van der Waals surface area contributed by atoms with Gasteiger partial charge in [0.05, 0.1) is 25.4 Å². The van der Waals surface area contributed by atoms with E-state index in [0.29, 0.717) is 26.1 Å². The number of benzene rings is 2. The lowest BCUT2D eigenvalue weighted by Crippen LogP contribution is -2.42. The Labute approximate surface area is 169 Å². The molecule has 1 aliphatic carbocycles. The van der Waals surface area contributed by atoms with Crippen LogP contribution < -0.4 is 5.73 Å². The average molecular weight is 384 g/mol. The molecule has 29 heavy (non-hydrogen) atoms. The maximum Gasteiger partial charge on any atom is 0.293 e. The van der Waals surface area contributed by atoms with Gasteiger partial charge in [-0.3, -0.25) is 0 Å². The predicted octanol–water partition coefficient (Wildman–Crippen LogP) is 2.56. The van der Waals surface area contributed by atoms with E-state index >= 15 is 0 Å². The second-order valence-corrected chi connectivity index (χ2v) is 7.91. The zero-order valence-electron chi connectivity index (χ0n) is 15.8. The minimum Gasteiger partial charge on any atom is -0.386 e. The third-order valence-electron chi connectivity index (χ3n) is 6.77. The van der Waals surface area contributed by atoms with Crippen molar-refractivity contribution in [3.05, 3.63) is 71.8 Å². The lowest BCUT2D eigenvalue weighted by Gasteiger charge is -2.31. The van der Waals surface area contributed by atoms with Gasteiger partial charge >= 0.3 is 0 Å². The van der Waals surface area contributed by atoms with E-state index in [0.717, 1.165) is 11.1 Å². The molecule has 1 spiro atoms. The Balaban J connectivity index is 1.73. The summed E-state index contributed by atoms with van der Waals surface area (Å²) in [7, 11) is 0. The molecule has 0 unspecified atom stereocenters. The second-order valence-electron chi connectivity index (χ2n) is 7.91. The smallest absolute Gasteiger partial charge is 0.293 e. The van der Waals surface area contributed by atoms with Crippen LogP contribution >= 0.6 is 0 Å². The largest absolute Gasteiger partial charge is 0.386 e. The van der Waals surface area contributed by atoms with Crippen molar-refractivity contribution in [1.82, 2.24) is 0 Å². The summed E-state index contributed by atoms with van der Waals surface area (Å²) in [5.74, 6) is -1.39. The van der Waals surface area contributed by atoms with Gasteiger partial charge in [-0.15, -0.1) is 0 Å². The first-order valence-corrected chi connectivity index (χ1v) is 9.65. The standard InChI is InChI=1S/C23H20N4O2/c24-15-21-19(26)27-23(28-11-12-29-23)22(21,16-25)20(21,13-17-7-3-1-4-8-17)14-18-9-5-2-6-10-18/h1-10H,11-14H2,(H2,26,27)/t21-,22+/m0/s1. The normalized spacial score (nSPS) is 30.2. The van der Waals surface area contributed by atoms with Gasteiger partial charge in [-0.2, -0.15) is 10.5 Å². The highest BCUT2D eigenvalue weighted by atomic mass is 16.8. The van der Waals surface area contributed by atoms with Crippen molar-refractivity contribution >= 4 is 5.84 Å². The summed E-state index contributed by atoms with van der Waals surface area (Å²) in [6.07, 6.45) is 0.989. The summed E-state index contributed by atoms with van der Waals surface area (Å²) in [5, 5.41) is 20.9. The summed E-state index contributed by atoms with van der Waals surface area (Å²) < 4.78 is 11.8. The molecule has 5 rings (SSSR count). The van der Waals surface area contributed by atoms with Crippen LogP contribution in [0.1, 0.15) is 11.1 Å². The number of nitrogens with two attached hydrogens (primary N) is 1. The molecule has 0 bridgehead atoms. The monoisotopic (exact) mass is 384 g/mol. The van der Waals surface area contributed by atoms with Crippen molar-refractivity contribution in [3.63, 3.8) is 0 Å². The third-order valence-corrected chi connectivity index (χ3v) is 6.77. The first-order chi connectivity index (χ1) is 14.1. The van der Waals surface area contributed by atoms with Gasteiger partial charge in [0.1, 0.15) is 11.3 Å². The molecule has 0 amide bonds. The Morgan fingerprint density at radius 2 is 1.38 bits per heavy atom. The van der Waals surface area contributed by atoms with E-state index in [1.165, 1.54) is 0 Å². The quantitative estimate of drug-likeness (QED) is 0.872. The number of amidine groups is 1. The van der Waals surface area contributed by atoms with Crippen LogP contribution in [0.4, 0.5) is 0 Å². The van der Waals surface area contributed by atoms with Crippen LogP contribution in [0.3, 0.4) is 0 Å². The molecule has 2 N–H and O–H groups in total. The van der Waals surface area contributed by atoms with Crippen LogP contribution in [0.2, 0.25) is 0 Å². The highest BCUT2D eigenvalue weighted by Crippen LogP contribution is 2.87. The fraction of sp³-hybridized carbons (Fsp3) is 0.348. The van der Waals surface area contributed by atoms with Crippen molar-refractivity contribution in [2.75, 3.05) is 13.2 Å². The van der Waals surface area contributed by atoms with E-state index in [9.17, 15) is 10.5 Å². The molecular weight excluding hydrogens is 364 g/mol. The highest BCUT2D eigenvalue weighted by Gasteiger charge is 3.00. The first-order valence-electron chi connectivity index (χ1n) is 9.65. The molecule has 1 saturated heterocycles. The molecule has 6 heteroatoms. The number of fused-ring (bicyclic) bond motifs is 2. The van der Waals surface area contributed by atoms with E-state index in [2.05, 4.69) is 17.1 Å². The zero-order valence-corrected chi connectivity index (χ0v) is 15.8. The number of aliphatic imine (C=N–C) groups is 1. The fourth-order valence-electron chi connectivity index (χ4n) is 5.67. The van der Waals surface area contributed by atoms with E-state index < -0.39 is 22.2 Å². The Hall–Kier alpha value is -3.19. The van der Waals surface area contributed by atoms with Gasteiger partial charge in [0.2, 0.25) is 0 Å². The van der Waals surface area contributed by atoms with E-state index in [4.69, 9.17) is 15.2 Å². The molecule has 2 heterocycles. The lowest BCUT2D eigenvalue weighted by molar-refractivity contribution is -0.192. The van der Waals surface area contributed by atoms with Crippen LogP contribution in [0, 0.1) is 38.9 Å². The number of hydrogen-bond acceptors (Lipinski definition) is 6. The van der Waals surface area contributed by atoms with Crippen LogP contribution in [-0.2, 0) is 22.3 Å². The Kier molecular flexibility index (Phi) is 3.64. The number of hydrogen-bond donors (Lipinski definition) is 1. The van der Waals surface area contributed by atoms with Crippen LogP contribution in [0.5, 0.6) is 0 Å². The average Bonchev–Trinajstić information content (AvgIpc) is 3.01. The molecule has 1 saturated carbocycles. The fourth-order valence-corrected chi connectivity index (χ4v) is 5.67. The van der Waals surface area contributed by atoms with Crippen molar-refractivity contribution in [2.24, 2.45) is 27.0 Å². The van der Waals surface area contributed by atoms with Crippen molar-refractivity contribution in [2.45, 2.75) is 18.8 Å². The Bertz CT molecular complexity index is 1020. The molecule has 2 fully saturated rings. The third kappa shape index (κ3) is 1.88. The number of rotatable bonds is 4. The van der Waals surface area contributed by atoms with E-state index in [1.807, 2.05) is 60.7 Å². The molecule has 2 aromatic carbocycles. The highest BCUT2D eigenvalue weighted by molar-refractivity contribution is 6.00. The molecule has 3 aliphatic rings.